The van der Waals surface area contributed by atoms with Gasteiger partial charge in [0.2, 0.25) is 5.91 Å². The number of nitrogens with zero attached hydrogens (tertiary/aromatic N) is 2. The van der Waals surface area contributed by atoms with Crippen LogP contribution in [0.3, 0.4) is 0 Å². The van der Waals surface area contributed by atoms with Gasteiger partial charge in [-0.1, -0.05) is 0 Å². The number of rotatable bonds is 2. The average Bonchev–Trinajstić information content (AvgIpc) is 3.22. The summed E-state index contributed by atoms with van der Waals surface area (Å²) in [6.45, 7) is 2.36. The smallest absolute Gasteiger partial charge is 0.253 e. The molecule has 5 nitrogen and oxygen atoms in total. The number of carbonyl (C=O) groups excluding carboxylic acids is 2. The lowest BCUT2D eigenvalue weighted by molar-refractivity contribution is -0.130. The Kier molecular flexibility index (Phi) is 3.56. The topological polar surface area (TPSA) is 56.4 Å². The van der Waals surface area contributed by atoms with Gasteiger partial charge in [-0.15, -0.1) is 0 Å². The molecule has 2 aliphatic heterocycles. The van der Waals surface area contributed by atoms with Crippen molar-refractivity contribution < 1.29 is 9.59 Å². The lowest BCUT2D eigenvalue weighted by atomic mass is 10.0. The maximum atomic E-state index is 12.7. The van der Waals surface area contributed by atoms with Crippen LogP contribution in [0.25, 0.3) is 10.9 Å². The van der Waals surface area contributed by atoms with E-state index in [4.69, 9.17) is 0 Å². The van der Waals surface area contributed by atoms with Crippen LogP contribution in [-0.2, 0) is 4.79 Å². The van der Waals surface area contributed by atoms with E-state index in [2.05, 4.69) is 4.98 Å². The van der Waals surface area contributed by atoms with Crippen molar-refractivity contribution in [3.05, 3.63) is 36.0 Å². The third-order valence-corrected chi connectivity index (χ3v) is 5.10. The number of hydrogen-bond donors (Lipinski definition) is 1. The van der Waals surface area contributed by atoms with Crippen molar-refractivity contribution in [3.63, 3.8) is 0 Å². The summed E-state index contributed by atoms with van der Waals surface area (Å²) in [5.74, 6) is 0.381. The van der Waals surface area contributed by atoms with E-state index in [1.165, 1.54) is 0 Å². The number of benzene rings is 1. The number of aromatic amines is 1. The van der Waals surface area contributed by atoms with Gasteiger partial charge in [-0.2, -0.15) is 0 Å². The van der Waals surface area contributed by atoms with Gasteiger partial charge < -0.3 is 14.8 Å². The number of likely N-dealkylation sites (tertiary alicyclic amines) is 2. The first-order chi connectivity index (χ1) is 11.2. The maximum absolute atomic E-state index is 12.7. The van der Waals surface area contributed by atoms with Crippen LogP contribution in [0.2, 0.25) is 0 Å². The lowest BCUT2D eigenvalue weighted by Gasteiger charge is -2.36. The first-order valence-electron chi connectivity index (χ1n) is 8.38. The number of piperidine rings is 1. The second-order valence-corrected chi connectivity index (χ2v) is 6.49. The molecule has 1 N–H and O–H groups in total. The van der Waals surface area contributed by atoms with Gasteiger partial charge in [0.15, 0.2) is 0 Å². The molecule has 0 spiro atoms. The Morgan fingerprint density at radius 3 is 2.70 bits per heavy atom. The van der Waals surface area contributed by atoms with E-state index in [1.807, 2.05) is 40.3 Å². The molecule has 1 aromatic carbocycles. The van der Waals surface area contributed by atoms with Crippen molar-refractivity contribution in [3.8, 4) is 0 Å². The minimum atomic E-state index is 0.0966. The molecule has 1 aromatic heterocycles. The molecule has 0 aliphatic carbocycles. The highest BCUT2D eigenvalue weighted by Gasteiger charge is 2.32. The van der Waals surface area contributed by atoms with E-state index >= 15 is 0 Å². The van der Waals surface area contributed by atoms with Crippen LogP contribution in [0, 0.1) is 0 Å². The van der Waals surface area contributed by atoms with Crippen LogP contribution >= 0.6 is 0 Å². The van der Waals surface area contributed by atoms with Crippen molar-refractivity contribution in [2.45, 2.75) is 31.7 Å². The quantitative estimate of drug-likeness (QED) is 0.926. The Labute approximate surface area is 135 Å². The average molecular weight is 311 g/mol. The predicted molar refractivity (Wildman–Crippen MR) is 88.2 cm³/mol. The number of carbonyl (C=O) groups is 2. The number of amides is 2. The molecule has 2 fully saturated rings. The molecule has 0 atom stereocenters. The SMILES string of the molecule is O=C(c1ccc2[nH]ccc2c1)N1CCC(N2CCCC2=O)CC1. The predicted octanol–water partition coefficient (Wildman–Crippen LogP) is 2.39. The maximum Gasteiger partial charge on any atom is 0.253 e. The first kappa shape index (κ1) is 14.3. The molecule has 2 aliphatic rings. The molecule has 0 saturated carbocycles. The van der Waals surface area contributed by atoms with Crippen LogP contribution in [0.4, 0.5) is 0 Å². The molecule has 2 saturated heterocycles. The van der Waals surface area contributed by atoms with Gasteiger partial charge in [-0.25, -0.2) is 0 Å². The fraction of sp³-hybridized carbons (Fsp3) is 0.444. The molecule has 4 rings (SSSR count). The van der Waals surface area contributed by atoms with Crippen molar-refractivity contribution in [2.24, 2.45) is 0 Å². The standard InChI is InChI=1S/C18H21N3O2/c22-17-2-1-9-21(17)15-6-10-20(11-7-15)18(23)14-3-4-16-13(12-14)5-8-19-16/h3-5,8,12,15,19H,1-2,6-7,9-11H2. The summed E-state index contributed by atoms with van der Waals surface area (Å²) >= 11 is 0. The monoisotopic (exact) mass is 311 g/mol. The highest BCUT2D eigenvalue weighted by Crippen LogP contribution is 2.23. The third kappa shape index (κ3) is 2.60. The van der Waals surface area contributed by atoms with E-state index in [1.54, 1.807) is 0 Å². The van der Waals surface area contributed by atoms with Gasteiger partial charge in [-0.3, -0.25) is 9.59 Å². The van der Waals surface area contributed by atoms with Crippen molar-refractivity contribution in [2.75, 3.05) is 19.6 Å². The van der Waals surface area contributed by atoms with Crippen molar-refractivity contribution >= 4 is 22.7 Å². The molecule has 3 heterocycles. The minimum Gasteiger partial charge on any atom is -0.361 e. The van der Waals surface area contributed by atoms with Gasteiger partial charge in [-0.05, 0) is 43.5 Å². The van der Waals surface area contributed by atoms with E-state index < -0.39 is 0 Å². The van der Waals surface area contributed by atoms with E-state index in [0.717, 1.165) is 55.4 Å². The molecule has 120 valence electrons. The fourth-order valence-electron chi connectivity index (χ4n) is 3.80. The van der Waals surface area contributed by atoms with E-state index in [9.17, 15) is 9.59 Å². The Morgan fingerprint density at radius 1 is 1.13 bits per heavy atom. The van der Waals surface area contributed by atoms with Crippen LogP contribution in [0.5, 0.6) is 0 Å². The van der Waals surface area contributed by atoms with Gasteiger partial charge in [0, 0.05) is 54.8 Å². The summed E-state index contributed by atoms with van der Waals surface area (Å²) in [5, 5.41) is 1.06. The zero-order valence-electron chi connectivity index (χ0n) is 13.1. The number of fused-ring (bicyclic) bond motifs is 1. The minimum absolute atomic E-state index is 0.0966. The molecule has 2 amide bonds. The molecule has 0 radical (unpaired) electrons. The Bertz CT molecular complexity index is 744. The van der Waals surface area contributed by atoms with E-state index in [0.29, 0.717) is 12.5 Å². The van der Waals surface area contributed by atoms with Crippen LogP contribution < -0.4 is 0 Å². The number of hydrogen-bond acceptors (Lipinski definition) is 2. The summed E-state index contributed by atoms with van der Waals surface area (Å²) in [4.78, 5) is 31.6. The Hall–Kier alpha value is -2.30. The van der Waals surface area contributed by atoms with Gasteiger partial charge in [0.05, 0.1) is 0 Å². The van der Waals surface area contributed by atoms with Crippen LogP contribution in [0.1, 0.15) is 36.0 Å². The van der Waals surface area contributed by atoms with Crippen molar-refractivity contribution in [1.82, 2.24) is 14.8 Å². The molecule has 0 unspecified atom stereocenters. The number of nitrogens with one attached hydrogen (secondary N) is 1. The highest BCUT2D eigenvalue weighted by molar-refractivity contribution is 5.98. The summed E-state index contributed by atoms with van der Waals surface area (Å²) in [5.41, 5.74) is 1.79. The van der Waals surface area contributed by atoms with Crippen LogP contribution in [0.15, 0.2) is 30.5 Å². The zero-order valence-corrected chi connectivity index (χ0v) is 13.1. The Morgan fingerprint density at radius 2 is 1.96 bits per heavy atom. The largest absolute Gasteiger partial charge is 0.361 e. The summed E-state index contributed by atoms with van der Waals surface area (Å²) in [6.07, 6.45) is 5.34. The number of aromatic nitrogens is 1. The molecule has 5 heteroatoms. The van der Waals surface area contributed by atoms with Crippen molar-refractivity contribution in [1.29, 1.82) is 0 Å². The molecular formula is C18H21N3O2. The zero-order chi connectivity index (χ0) is 15.8. The highest BCUT2D eigenvalue weighted by atomic mass is 16.2. The third-order valence-electron chi connectivity index (χ3n) is 5.10. The molecule has 23 heavy (non-hydrogen) atoms. The Balaban J connectivity index is 1.43. The lowest BCUT2D eigenvalue weighted by Crippen LogP contribution is -2.47. The van der Waals surface area contributed by atoms with Gasteiger partial charge in [0.1, 0.15) is 0 Å². The molecular weight excluding hydrogens is 290 g/mol. The fourth-order valence-corrected chi connectivity index (χ4v) is 3.80. The van der Waals surface area contributed by atoms with Gasteiger partial charge >= 0.3 is 0 Å². The van der Waals surface area contributed by atoms with Crippen LogP contribution in [-0.4, -0.2) is 52.3 Å². The molecule has 2 aromatic rings. The normalized spacial score (nSPS) is 19.7. The summed E-state index contributed by atoms with van der Waals surface area (Å²) < 4.78 is 0. The molecule has 0 bridgehead atoms. The summed E-state index contributed by atoms with van der Waals surface area (Å²) in [7, 11) is 0. The second-order valence-electron chi connectivity index (χ2n) is 6.49. The van der Waals surface area contributed by atoms with Gasteiger partial charge in [0.25, 0.3) is 5.91 Å². The second kappa shape index (κ2) is 5.72. The first-order valence-corrected chi connectivity index (χ1v) is 8.38. The summed E-state index contributed by atoms with van der Waals surface area (Å²) in [6, 6.07) is 8.10. The number of H-pyrrole nitrogens is 1. The van der Waals surface area contributed by atoms with E-state index in [-0.39, 0.29) is 11.8 Å².